The second-order valence-corrected chi connectivity index (χ2v) is 21.9. The summed E-state index contributed by atoms with van der Waals surface area (Å²) in [7, 11) is -3.97. The molecule has 0 heterocycles. The molecule has 30 heavy (non-hydrogen) atoms. The van der Waals surface area contributed by atoms with Gasteiger partial charge in [0.05, 0.1) is 19.3 Å². The molecule has 0 radical (unpaired) electrons. The molecule has 0 aromatic heterocycles. The van der Waals surface area contributed by atoms with E-state index in [0.29, 0.717) is 26.3 Å². The fourth-order valence-electron chi connectivity index (χ4n) is 2.15. The van der Waals surface area contributed by atoms with Crippen LogP contribution in [0.3, 0.4) is 0 Å². The SMILES string of the molecule is CC(C)(C)OC(=O)N(CCN)C(CO[Si](C)(C)C(C)(C)C)CO[Si](C)(C)C(C)(C)C. The van der Waals surface area contributed by atoms with Crippen molar-refractivity contribution in [3.8, 4) is 0 Å². The quantitative estimate of drug-likeness (QED) is 0.452. The van der Waals surface area contributed by atoms with Crippen LogP contribution in [0.15, 0.2) is 0 Å². The van der Waals surface area contributed by atoms with E-state index < -0.39 is 22.2 Å². The van der Waals surface area contributed by atoms with Gasteiger partial charge in [0.15, 0.2) is 16.6 Å². The molecule has 2 N–H and O–H groups in total. The Bertz CT molecular complexity index is 517. The lowest BCUT2D eigenvalue weighted by Gasteiger charge is -2.42. The first-order valence-corrected chi connectivity index (χ1v) is 16.9. The number of carbonyl (C=O) groups is 1. The van der Waals surface area contributed by atoms with Gasteiger partial charge < -0.3 is 19.3 Å². The minimum absolute atomic E-state index is 0.0858. The van der Waals surface area contributed by atoms with Crippen molar-refractivity contribution < 1.29 is 18.4 Å². The maximum Gasteiger partial charge on any atom is 0.410 e. The monoisotopic (exact) mass is 462 g/mol. The molecule has 0 unspecified atom stereocenters. The van der Waals surface area contributed by atoms with Crippen molar-refractivity contribution in [3.05, 3.63) is 0 Å². The van der Waals surface area contributed by atoms with Crippen molar-refractivity contribution in [2.45, 2.75) is 110 Å². The van der Waals surface area contributed by atoms with E-state index >= 15 is 0 Å². The molecule has 0 rings (SSSR count). The minimum Gasteiger partial charge on any atom is -0.444 e. The minimum atomic E-state index is -1.98. The van der Waals surface area contributed by atoms with Crippen LogP contribution in [0.2, 0.25) is 36.3 Å². The van der Waals surface area contributed by atoms with Gasteiger partial charge in [0.1, 0.15) is 5.60 Å². The van der Waals surface area contributed by atoms with Gasteiger partial charge in [-0.15, -0.1) is 0 Å². The predicted octanol–water partition coefficient (Wildman–Crippen LogP) is 5.59. The zero-order valence-electron chi connectivity index (χ0n) is 22.1. The van der Waals surface area contributed by atoms with Gasteiger partial charge in [-0.1, -0.05) is 41.5 Å². The second-order valence-electron chi connectivity index (χ2n) is 12.3. The van der Waals surface area contributed by atoms with Crippen LogP contribution in [0, 0.1) is 0 Å². The molecule has 0 aromatic carbocycles. The first-order valence-electron chi connectivity index (χ1n) is 11.1. The third-order valence-corrected chi connectivity index (χ3v) is 15.3. The Balaban J connectivity index is 5.73. The van der Waals surface area contributed by atoms with Crippen molar-refractivity contribution >= 4 is 22.7 Å². The van der Waals surface area contributed by atoms with Crippen molar-refractivity contribution in [2.75, 3.05) is 26.3 Å². The molecule has 1 amide bonds. The number of ether oxygens (including phenoxy) is 1. The Labute approximate surface area is 188 Å². The molecule has 0 aliphatic rings. The lowest BCUT2D eigenvalue weighted by Crippen LogP contribution is -2.54. The number of hydrogen-bond acceptors (Lipinski definition) is 5. The predicted molar refractivity (Wildman–Crippen MR) is 132 cm³/mol. The highest BCUT2D eigenvalue weighted by Crippen LogP contribution is 2.38. The van der Waals surface area contributed by atoms with E-state index in [1.807, 2.05) is 20.8 Å². The molecule has 0 spiro atoms. The van der Waals surface area contributed by atoms with Crippen LogP contribution in [0.25, 0.3) is 0 Å². The Hall–Kier alpha value is -0.416. The fourth-order valence-corrected chi connectivity index (χ4v) is 4.24. The first-order chi connectivity index (χ1) is 13.1. The summed E-state index contributed by atoms with van der Waals surface area (Å²) in [5.74, 6) is 0. The van der Waals surface area contributed by atoms with Crippen molar-refractivity contribution in [3.63, 3.8) is 0 Å². The lowest BCUT2D eigenvalue weighted by atomic mass is 10.2. The van der Waals surface area contributed by atoms with E-state index in [0.717, 1.165) is 0 Å². The zero-order valence-corrected chi connectivity index (χ0v) is 24.1. The number of hydrogen-bond donors (Lipinski definition) is 1. The van der Waals surface area contributed by atoms with Crippen molar-refractivity contribution in [1.82, 2.24) is 4.90 Å². The van der Waals surface area contributed by atoms with Crippen LogP contribution in [0.4, 0.5) is 4.79 Å². The van der Waals surface area contributed by atoms with E-state index in [1.54, 1.807) is 4.90 Å². The van der Waals surface area contributed by atoms with Gasteiger partial charge in [-0.2, -0.15) is 0 Å². The van der Waals surface area contributed by atoms with Crippen LogP contribution in [-0.4, -0.2) is 65.6 Å². The molecule has 0 aliphatic carbocycles. The number of carbonyl (C=O) groups excluding carboxylic acids is 1. The maximum absolute atomic E-state index is 13.0. The molecule has 0 aromatic rings. The summed E-state index contributed by atoms with van der Waals surface area (Å²) in [6, 6.07) is -0.244. The molecule has 0 atom stereocenters. The highest BCUT2D eigenvalue weighted by atomic mass is 28.4. The molecular weight excluding hydrogens is 412 g/mol. The van der Waals surface area contributed by atoms with Gasteiger partial charge in [0, 0.05) is 13.1 Å². The Morgan fingerprint density at radius 3 is 1.47 bits per heavy atom. The lowest BCUT2D eigenvalue weighted by molar-refractivity contribution is 0.00324. The van der Waals surface area contributed by atoms with Crippen LogP contribution >= 0.6 is 0 Å². The van der Waals surface area contributed by atoms with E-state index in [4.69, 9.17) is 19.3 Å². The standard InChI is InChI=1S/C22H50N2O4Si2/c1-20(2,3)28-19(25)24(15-14-23)18(16-26-29(10,11)21(4,5)6)17-27-30(12,13)22(7,8)9/h18H,14-17,23H2,1-13H3. The van der Waals surface area contributed by atoms with Gasteiger partial charge in [-0.05, 0) is 57.0 Å². The molecule has 8 heteroatoms. The van der Waals surface area contributed by atoms with E-state index in [9.17, 15) is 4.79 Å². The topological polar surface area (TPSA) is 74.0 Å². The first kappa shape index (κ1) is 29.6. The maximum atomic E-state index is 13.0. The van der Waals surface area contributed by atoms with E-state index in [2.05, 4.69) is 67.7 Å². The molecule has 0 saturated carbocycles. The van der Waals surface area contributed by atoms with Crippen LogP contribution < -0.4 is 5.73 Å². The average molecular weight is 463 g/mol. The summed E-state index contributed by atoms with van der Waals surface area (Å²) in [5, 5.41) is 0.172. The summed E-state index contributed by atoms with van der Waals surface area (Å²) < 4.78 is 18.7. The zero-order chi connectivity index (χ0) is 24.2. The summed E-state index contributed by atoms with van der Waals surface area (Å²) in [4.78, 5) is 14.7. The van der Waals surface area contributed by atoms with Gasteiger partial charge in [0.25, 0.3) is 0 Å². The normalized spacial score (nSPS) is 14.2. The Morgan fingerprint density at radius 1 is 0.833 bits per heavy atom. The van der Waals surface area contributed by atoms with Gasteiger partial charge in [-0.3, -0.25) is 4.90 Å². The summed E-state index contributed by atoms with van der Waals surface area (Å²) in [6.07, 6.45) is -0.365. The third kappa shape index (κ3) is 9.38. The van der Waals surface area contributed by atoms with Crippen molar-refractivity contribution in [2.24, 2.45) is 5.73 Å². The highest BCUT2D eigenvalue weighted by molar-refractivity contribution is 6.74. The number of nitrogens with zero attached hydrogens (tertiary/aromatic N) is 1. The third-order valence-electron chi connectivity index (χ3n) is 6.32. The second kappa shape index (κ2) is 10.5. The van der Waals surface area contributed by atoms with Gasteiger partial charge >= 0.3 is 6.09 Å². The molecule has 180 valence electrons. The van der Waals surface area contributed by atoms with E-state index in [-0.39, 0.29) is 22.2 Å². The number of nitrogens with two attached hydrogens (primary N) is 1. The Morgan fingerprint density at radius 2 is 1.20 bits per heavy atom. The summed E-state index contributed by atoms with van der Waals surface area (Å²) in [5.41, 5.74) is 5.28. The van der Waals surface area contributed by atoms with Crippen LogP contribution in [0.5, 0.6) is 0 Å². The van der Waals surface area contributed by atoms with Crippen LogP contribution in [-0.2, 0) is 13.6 Å². The largest absolute Gasteiger partial charge is 0.444 e. The summed E-state index contributed by atoms with van der Waals surface area (Å²) >= 11 is 0. The smallest absolute Gasteiger partial charge is 0.410 e. The van der Waals surface area contributed by atoms with Crippen LogP contribution in [0.1, 0.15) is 62.3 Å². The molecular formula is C22H50N2O4Si2. The van der Waals surface area contributed by atoms with E-state index in [1.165, 1.54) is 0 Å². The number of rotatable bonds is 9. The molecule has 6 nitrogen and oxygen atoms in total. The Kier molecular flexibility index (Phi) is 10.3. The fraction of sp³-hybridized carbons (Fsp3) is 0.955. The number of amides is 1. The average Bonchev–Trinajstić information content (AvgIpc) is 2.49. The molecule has 0 saturated heterocycles. The highest BCUT2D eigenvalue weighted by Gasteiger charge is 2.41. The molecule has 0 fully saturated rings. The molecule has 0 aliphatic heterocycles. The van der Waals surface area contributed by atoms with Gasteiger partial charge in [-0.25, -0.2) is 4.79 Å². The van der Waals surface area contributed by atoms with Crippen molar-refractivity contribution in [1.29, 1.82) is 0 Å². The summed E-state index contributed by atoms with van der Waals surface area (Å²) in [6.45, 7) is 29.4. The van der Waals surface area contributed by atoms with Gasteiger partial charge in [0.2, 0.25) is 0 Å². The molecule has 0 bridgehead atoms.